The van der Waals surface area contributed by atoms with Crippen molar-refractivity contribution in [2.45, 2.75) is 37.6 Å². The van der Waals surface area contributed by atoms with Crippen molar-refractivity contribution in [2.24, 2.45) is 0 Å². The van der Waals surface area contributed by atoms with Crippen molar-refractivity contribution in [2.75, 3.05) is 19.3 Å². The summed E-state index contributed by atoms with van der Waals surface area (Å²) in [4.78, 5) is 17.6. The van der Waals surface area contributed by atoms with Crippen LogP contribution in [-0.2, 0) is 23.6 Å². The molecule has 1 saturated heterocycles. The number of aromatic nitrogens is 4. The summed E-state index contributed by atoms with van der Waals surface area (Å²) in [6.07, 6.45) is 5.76. The number of carboxylic acids is 1. The van der Waals surface area contributed by atoms with Gasteiger partial charge in [0.15, 0.2) is 5.82 Å². The summed E-state index contributed by atoms with van der Waals surface area (Å²) < 4.78 is 6.89. The van der Waals surface area contributed by atoms with Crippen molar-refractivity contribution in [3.8, 4) is 0 Å². The van der Waals surface area contributed by atoms with Crippen LogP contribution in [0.15, 0.2) is 16.8 Å². The molecule has 1 aliphatic heterocycles. The number of piperidine rings is 1. The molecule has 0 amide bonds. The lowest BCUT2D eigenvalue weighted by molar-refractivity contribution is -0.137. The van der Waals surface area contributed by atoms with Gasteiger partial charge in [0.05, 0.1) is 12.3 Å². The summed E-state index contributed by atoms with van der Waals surface area (Å²) >= 11 is 1.66. The molecular weight excluding hydrogens is 330 g/mol. The maximum absolute atomic E-state index is 11.0. The van der Waals surface area contributed by atoms with E-state index in [1.807, 2.05) is 12.3 Å². The van der Waals surface area contributed by atoms with Gasteiger partial charge in [-0.25, -0.2) is 0 Å². The van der Waals surface area contributed by atoms with Gasteiger partial charge in [-0.2, -0.15) is 21.8 Å². The summed E-state index contributed by atoms with van der Waals surface area (Å²) in [5.74, 6) is 1.51. The summed E-state index contributed by atoms with van der Waals surface area (Å²) in [6, 6.07) is 1.92. The van der Waals surface area contributed by atoms with Gasteiger partial charge in [-0.05, 0) is 31.7 Å². The van der Waals surface area contributed by atoms with Crippen LogP contribution in [0.25, 0.3) is 0 Å². The van der Waals surface area contributed by atoms with Gasteiger partial charge in [0.2, 0.25) is 5.89 Å². The fourth-order valence-corrected chi connectivity index (χ4v) is 3.50. The molecule has 8 nitrogen and oxygen atoms in total. The number of nitrogens with zero attached hydrogens (tertiary/aromatic N) is 5. The van der Waals surface area contributed by atoms with E-state index in [4.69, 9.17) is 9.63 Å². The number of aliphatic carboxylic acids is 1. The monoisotopic (exact) mass is 351 g/mol. The zero-order valence-electron chi connectivity index (χ0n) is 13.6. The first-order valence-electron chi connectivity index (χ1n) is 7.92. The maximum atomic E-state index is 11.0. The molecule has 130 valence electrons. The Morgan fingerprint density at radius 3 is 3.21 bits per heavy atom. The van der Waals surface area contributed by atoms with E-state index in [2.05, 4.69) is 20.1 Å². The zero-order valence-corrected chi connectivity index (χ0v) is 14.4. The van der Waals surface area contributed by atoms with Crippen LogP contribution in [0, 0.1) is 0 Å². The minimum Gasteiger partial charge on any atom is -0.480 e. The van der Waals surface area contributed by atoms with E-state index in [9.17, 15) is 4.79 Å². The lowest BCUT2D eigenvalue weighted by Crippen LogP contribution is -2.35. The minimum absolute atomic E-state index is 0.0967. The molecule has 0 aliphatic carbocycles. The van der Waals surface area contributed by atoms with Gasteiger partial charge in [0, 0.05) is 24.4 Å². The third-order valence-corrected chi connectivity index (χ3v) is 4.65. The second kappa shape index (κ2) is 7.80. The zero-order chi connectivity index (χ0) is 16.9. The number of rotatable bonds is 7. The molecule has 0 bridgehead atoms. The van der Waals surface area contributed by atoms with E-state index in [1.165, 1.54) is 0 Å². The molecule has 9 heteroatoms. The summed E-state index contributed by atoms with van der Waals surface area (Å²) in [5.41, 5.74) is 0.982. The summed E-state index contributed by atoms with van der Waals surface area (Å²) in [7, 11) is 0. The Morgan fingerprint density at radius 1 is 1.54 bits per heavy atom. The Morgan fingerprint density at radius 2 is 2.42 bits per heavy atom. The third kappa shape index (κ3) is 4.15. The highest BCUT2D eigenvalue weighted by atomic mass is 32.2. The Bertz CT molecular complexity index is 686. The van der Waals surface area contributed by atoms with Crippen molar-refractivity contribution in [3.05, 3.63) is 29.7 Å². The van der Waals surface area contributed by atoms with Gasteiger partial charge in [-0.15, -0.1) is 0 Å². The maximum Gasteiger partial charge on any atom is 0.325 e. The highest BCUT2D eigenvalue weighted by molar-refractivity contribution is 7.97. The number of hydrogen-bond acceptors (Lipinski definition) is 7. The predicted molar refractivity (Wildman–Crippen MR) is 88.6 cm³/mol. The number of carboxylic acid groups (broad SMARTS) is 1. The number of thioether (sulfide) groups is 1. The second-order valence-corrected chi connectivity index (χ2v) is 6.79. The molecule has 0 spiro atoms. The molecule has 1 N–H and O–H groups in total. The number of likely N-dealkylation sites (tertiary alicyclic amines) is 1. The smallest absolute Gasteiger partial charge is 0.325 e. The van der Waals surface area contributed by atoms with Crippen LogP contribution < -0.4 is 0 Å². The van der Waals surface area contributed by atoms with E-state index < -0.39 is 5.97 Å². The van der Waals surface area contributed by atoms with Gasteiger partial charge in [-0.3, -0.25) is 14.4 Å². The molecular formula is C15H21N5O3S. The number of carbonyl (C=O) groups is 1. The Hall–Kier alpha value is -1.87. The normalized spacial score (nSPS) is 18.8. The van der Waals surface area contributed by atoms with E-state index in [1.54, 1.807) is 22.6 Å². The summed E-state index contributed by atoms with van der Waals surface area (Å²) in [6.45, 7) is 2.35. The summed E-state index contributed by atoms with van der Waals surface area (Å²) in [5, 5.41) is 17.1. The molecule has 3 rings (SSSR count). The molecule has 0 saturated carbocycles. The molecule has 3 heterocycles. The molecule has 2 aromatic rings. The first-order chi connectivity index (χ1) is 11.7. The van der Waals surface area contributed by atoms with Crippen LogP contribution in [0.3, 0.4) is 0 Å². The molecule has 0 radical (unpaired) electrons. The van der Waals surface area contributed by atoms with E-state index in [-0.39, 0.29) is 12.5 Å². The average molecular weight is 351 g/mol. The van der Waals surface area contributed by atoms with Gasteiger partial charge in [-0.1, -0.05) is 5.16 Å². The predicted octanol–water partition coefficient (Wildman–Crippen LogP) is 1.59. The largest absolute Gasteiger partial charge is 0.480 e. The first-order valence-corrected chi connectivity index (χ1v) is 9.31. The standard InChI is InChI=1S/C15H21N5O3S/c1-24-10-13-17-14(23-18-13)8-19-6-2-3-11(7-19)12-4-5-16-20(12)9-15(21)22/h4-5,11H,2-3,6-10H2,1H3,(H,21,22)/t11-/m1/s1. The van der Waals surface area contributed by atoms with Gasteiger partial charge in [0.25, 0.3) is 0 Å². The first kappa shape index (κ1) is 17.0. The molecule has 0 unspecified atom stereocenters. The molecule has 1 atom stereocenters. The van der Waals surface area contributed by atoms with Gasteiger partial charge in [0.1, 0.15) is 6.54 Å². The quantitative estimate of drug-likeness (QED) is 0.803. The van der Waals surface area contributed by atoms with Crippen molar-refractivity contribution >= 4 is 17.7 Å². The molecule has 2 aromatic heterocycles. The molecule has 0 aromatic carbocycles. The average Bonchev–Trinajstić information content (AvgIpc) is 3.17. The highest BCUT2D eigenvalue weighted by Crippen LogP contribution is 2.27. The Kier molecular flexibility index (Phi) is 5.52. The second-order valence-electron chi connectivity index (χ2n) is 5.92. The van der Waals surface area contributed by atoms with Crippen LogP contribution in [0.1, 0.15) is 36.2 Å². The van der Waals surface area contributed by atoms with Crippen LogP contribution in [-0.4, -0.2) is 55.2 Å². The lowest BCUT2D eigenvalue weighted by atomic mass is 9.94. The van der Waals surface area contributed by atoms with Crippen molar-refractivity contribution in [1.82, 2.24) is 24.8 Å². The molecule has 1 aliphatic rings. The number of hydrogen-bond donors (Lipinski definition) is 1. The van der Waals surface area contributed by atoms with E-state index in [0.29, 0.717) is 12.4 Å². The van der Waals surface area contributed by atoms with Gasteiger partial charge >= 0.3 is 5.97 Å². The van der Waals surface area contributed by atoms with Crippen LogP contribution in [0.4, 0.5) is 0 Å². The Labute approximate surface area is 144 Å². The SMILES string of the molecule is CSCc1noc(CN2CCC[C@@H](c3ccnn3CC(=O)O)C2)n1. The van der Waals surface area contributed by atoms with Crippen LogP contribution in [0.2, 0.25) is 0 Å². The lowest BCUT2D eigenvalue weighted by Gasteiger charge is -2.31. The van der Waals surface area contributed by atoms with Crippen molar-refractivity contribution in [1.29, 1.82) is 0 Å². The van der Waals surface area contributed by atoms with Crippen molar-refractivity contribution < 1.29 is 14.4 Å². The fourth-order valence-electron chi connectivity index (χ4n) is 3.12. The highest BCUT2D eigenvalue weighted by Gasteiger charge is 2.25. The van der Waals surface area contributed by atoms with E-state index in [0.717, 1.165) is 43.2 Å². The minimum atomic E-state index is -0.875. The fraction of sp³-hybridized carbons (Fsp3) is 0.600. The van der Waals surface area contributed by atoms with Crippen LogP contribution in [0.5, 0.6) is 0 Å². The van der Waals surface area contributed by atoms with Crippen LogP contribution >= 0.6 is 11.8 Å². The van der Waals surface area contributed by atoms with Gasteiger partial charge < -0.3 is 9.63 Å². The molecule has 24 heavy (non-hydrogen) atoms. The molecule has 1 fully saturated rings. The van der Waals surface area contributed by atoms with E-state index >= 15 is 0 Å². The topological polar surface area (TPSA) is 97.3 Å². The Balaban J connectivity index is 1.63. The third-order valence-electron chi connectivity index (χ3n) is 4.10. The van der Waals surface area contributed by atoms with Crippen molar-refractivity contribution in [3.63, 3.8) is 0 Å².